The molecule has 0 bridgehead atoms. The highest BCUT2D eigenvalue weighted by Gasteiger charge is 2.45. The van der Waals surface area contributed by atoms with E-state index in [0.29, 0.717) is 5.92 Å². The molecule has 2 aliphatic rings. The lowest BCUT2D eigenvalue weighted by Gasteiger charge is -2.48. The number of aliphatic hydroxyl groups is 1. The molecule has 0 aromatic rings. The maximum atomic E-state index is 11.2. The first-order valence-electron chi connectivity index (χ1n) is 7.45. The Balaban J connectivity index is 2.30. The lowest BCUT2D eigenvalue weighted by molar-refractivity contribution is -0.154. The number of esters is 1. The SMILES string of the molecule is C=C(C)C1CCC2(C)CC(OC(C)=O)C(O)C(C)=C2C1. The Morgan fingerprint density at radius 3 is 2.65 bits per heavy atom. The predicted octanol–water partition coefficient (Wildman–Crippen LogP) is 3.38. The molecule has 1 N–H and O–H groups in total. The van der Waals surface area contributed by atoms with Crippen molar-refractivity contribution < 1.29 is 14.6 Å². The molecule has 0 aliphatic heterocycles. The minimum Gasteiger partial charge on any atom is -0.459 e. The average molecular weight is 278 g/mol. The Hall–Kier alpha value is -1.09. The van der Waals surface area contributed by atoms with E-state index in [-0.39, 0.29) is 11.4 Å². The van der Waals surface area contributed by atoms with Gasteiger partial charge in [-0.05, 0) is 56.4 Å². The van der Waals surface area contributed by atoms with Gasteiger partial charge in [0.25, 0.3) is 0 Å². The number of allylic oxidation sites excluding steroid dienone is 2. The summed E-state index contributed by atoms with van der Waals surface area (Å²) in [6.07, 6.45) is 2.85. The Bertz CT molecular complexity index is 463. The van der Waals surface area contributed by atoms with Crippen molar-refractivity contribution in [3.63, 3.8) is 0 Å². The Labute approximate surface area is 121 Å². The summed E-state index contributed by atoms with van der Waals surface area (Å²) in [5.74, 6) is 0.204. The highest BCUT2D eigenvalue weighted by molar-refractivity contribution is 5.66. The first-order chi connectivity index (χ1) is 9.24. The summed E-state index contributed by atoms with van der Waals surface area (Å²) in [7, 11) is 0. The topological polar surface area (TPSA) is 46.5 Å². The van der Waals surface area contributed by atoms with Crippen molar-refractivity contribution in [3.8, 4) is 0 Å². The van der Waals surface area contributed by atoms with Gasteiger partial charge in [0.2, 0.25) is 0 Å². The summed E-state index contributed by atoms with van der Waals surface area (Å²) in [6, 6.07) is 0. The molecule has 2 rings (SSSR count). The van der Waals surface area contributed by atoms with Gasteiger partial charge in [0, 0.05) is 6.92 Å². The zero-order valence-electron chi connectivity index (χ0n) is 13.0. The summed E-state index contributed by atoms with van der Waals surface area (Å²) in [4.78, 5) is 11.2. The second-order valence-corrected chi connectivity index (χ2v) is 6.81. The van der Waals surface area contributed by atoms with Gasteiger partial charge in [0.05, 0.1) is 0 Å². The van der Waals surface area contributed by atoms with Crippen molar-refractivity contribution in [1.82, 2.24) is 0 Å². The van der Waals surface area contributed by atoms with E-state index in [0.717, 1.165) is 31.3 Å². The quantitative estimate of drug-likeness (QED) is 0.622. The summed E-state index contributed by atoms with van der Waals surface area (Å²) < 4.78 is 5.32. The fraction of sp³-hybridized carbons (Fsp3) is 0.706. The maximum absolute atomic E-state index is 11.2. The van der Waals surface area contributed by atoms with Gasteiger partial charge in [0.1, 0.15) is 12.2 Å². The smallest absolute Gasteiger partial charge is 0.303 e. The number of hydrogen-bond donors (Lipinski definition) is 1. The van der Waals surface area contributed by atoms with E-state index >= 15 is 0 Å². The number of carbonyl (C=O) groups excluding carboxylic acids is 1. The summed E-state index contributed by atoms with van der Waals surface area (Å²) in [5, 5.41) is 10.4. The number of ether oxygens (including phenoxy) is 1. The molecule has 20 heavy (non-hydrogen) atoms. The number of carbonyl (C=O) groups is 1. The normalized spacial score (nSPS) is 37.4. The average Bonchev–Trinajstić information content (AvgIpc) is 2.34. The molecule has 0 aromatic heterocycles. The third-order valence-corrected chi connectivity index (χ3v) is 5.16. The number of hydrogen-bond acceptors (Lipinski definition) is 3. The minimum absolute atomic E-state index is 0.0510. The number of fused-ring (bicyclic) bond motifs is 1. The van der Waals surface area contributed by atoms with Crippen LogP contribution in [0.2, 0.25) is 0 Å². The molecule has 0 amide bonds. The summed E-state index contributed by atoms with van der Waals surface area (Å²) in [5.41, 5.74) is 3.63. The van der Waals surface area contributed by atoms with Crippen LogP contribution in [-0.4, -0.2) is 23.3 Å². The van der Waals surface area contributed by atoms with E-state index in [1.165, 1.54) is 18.1 Å². The molecule has 0 saturated heterocycles. The molecule has 0 heterocycles. The van der Waals surface area contributed by atoms with Crippen molar-refractivity contribution in [2.75, 3.05) is 0 Å². The molecule has 0 aromatic carbocycles. The van der Waals surface area contributed by atoms with Crippen LogP contribution < -0.4 is 0 Å². The third-order valence-electron chi connectivity index (χ3n) is 5.16. The van der Waals surface area contributed by atoms with Crippen LogP contribution in [0.5, 0.6) is 0 Å². The van der Waals surface area contributed by atoms with Gasteiger partial charge in [-0.3, -0.25) is 4.79 Å². The molecular formula is C17H26O3. The molecule has 112 valence electrons. The Morgan fingerprint density at radius 2 is 2.10 bits per heavy atom. The van der Waals surface area contributed by atoms with Crippen molar-refractivity contribution in [2.24, 2.45) is 11.3 Å². The first kappa shape index (κ1) is 15.3. The van der Waals surface area contributed by atoms with Gasteiger partial charge in [-0.15, -0.1) is 0 Å². The van der Waals surface area contributed by atoms with Crippen LogP contribution >= 0.6 is 0 Å². The van der Waals surface area contributed by atoms with Crippen molar-refractivity contribution in [1.29, 1.82) is 0 Å². The van der Waals surface area contributed by atoms with E-state index in [1.807, 2.05) is 6.92 Å². The maximum Gasteiger partial charge on any atom is 0.303 e. The van der Waals surface area contributed by atoms with Crippen molar-refractivity contribution >= 4 is 5.97 Å². The third kappa shape index (κ3) is 2.69. The van der Waals surface area contributed by atoms with Gasteiger partial charge >= 0.3 is 5.97 Å². The molecule has 0 radical (unpaired) electrons. The van der Waals surface area contributed by atoms with Crippen LogP contribution in [0.15, 0.2) is 23.3 Å². The molecule has 4 unspecified atom stereocenters. The minimum atomic E-state index is -0.661. The summed E-state index contributed by atoms with van der Waals surface area (Å²) >= 11 is 0. The molecule has 1 saturated carbocycles. The van der Waals surface area contributed by atoms with E-state index in [9.17, 15) is 9.90 Å². The van der Waals surface area contributed by atoms with Crippen LogP contribution in [-0.2, 0) is 9.53 Å². The highest BCUT2D eigenvalue weighted by Crippen LogP contribution is 2.52. The van der Waals surface area contributed by atoms with Crippen LogP contribution in [0.4, 0.5) is 0 Å². The lowest BCUT2D eigenvalue weighted by atomic mass is 9.60. The largest absolute Gasteiger partial charge is 0.459 e. The van der Waals surface area contributed by atoms with Crippen LogP contribution in [0.1, 0.15) is 53.4 Å². The number of aliphatic hydroxyl groups excluding tert-OH is 1. The van der Waals surface area contributed by atoms with Gasteiger partial charge in [-0.25, -0.2) is 0 Å². The Morgan fingerprint density at radius 1 is 1.45 bits per heavy atom. The monoisotopic (exact) mass is 278 g/mol. The van der Waals surface area contributed by atoms with Crippen LogP contribution in [0.25, 0.3) is 0 Å². The predicted molar refractivity (Wildman–Crippen MR) is 79.1 cm³/mol. The van der Waals surface area contributed by atoms with Crippen LogP contribution in [0.3, 0.4) is 0 Å². The molecular weight excluding hydrogens is 252 g/mol. The lowest BCUT2D eigenvalue weighted by Crippen LogP contribution is -2.45. The fourth-order valence-electron chi connectivity index (χ4n) is 3.85. The second kappa shape index (κ2) is 5.36. The zero-order chi connectivity index (χ0) is 15.1. The van der Waals surface area contributed by atoms with Crippen LogP contribution in [0, 0.1) is 11.3 Å². The molecule has 0 spiro atoms. The van der Waals surface area contributed by atoms with Gasteiger partial charge in [0.15, 0.2) is 0 Å². The molecule has 2 aliphatic carbocycles. The molecule has 3 nitrogen and oxygen atoms in total. The van der Waals surface area contributed by atoms with E-state index in [1.54, 1.807) is 0 Å². The molecule has 3 heteroatoms. The first-order valence-corrected chi connectivity index (χ1v) is 7.45. The van der Waals surface area contributed by atoms with Gasteiger partial charge in [-0.1, -0.05) is 24.6 Å². The van der Waals surface area contributed by atoms with Crippen molar-refractivity contribution in [3.05, 3.63) is 23.3 Å². The zero-order valence-corrected chi connectivity index (χ0v) is 13.0. The molecule has 4 atom stereocenters. The highest BCUT2D eigenvalue weighted by atomic mass is 16.6. The number of rotatable bonds is 2. The van der Waals surface area contributed by atoms with E-state index < -0.39 is 12.2 Å². The summed E-state index contributed by atoms with van der Waals surface area (Å²) in [6.45, 7) is 11.8. The fourth-order valence-corrected chi connectivity index (χ4v) is 3.85. The Kier molecular flexibility index (Phi) is 4.10. The second-order valence-electron chi connectivity index (χ2n) is 6.81. The van der Waals surface area contributed by atoms with Gasteiger partial charge < -0.3 is 9.84 Å². The van der Waals surface area contributed by atoms with Crippen molar-refractivity contribution in [2.45, 2.75) is 65.6 Å². The van der Waals surface area contributed by atoms with Gasteiger partial charge in [-0.2, -0.15) is 0 Å². The van der Waals surface area contributed by atoms with E-state index in [2.05, 4.69) is 20.4 Å². The standard InChI is InChI=1S/C17H26O3/c1-10(2)13-6-7-17(5)9-15(20-12(4)18)16(19)11(3)14(17)8-13/h13,15-16,19H,1,6-9H2,2-5H3. The van der Waals surface area contributed by atoms with E-state index in [4.69, 9.17) is 4.74 Å². The molecule has 1 fully saturated rings.